The normalized spacial score (nSPS) is 26.8. The molecule has 0 radical (unpaired) electrons. The Kier molecular flexibility index (Phi) is 3.84. The van der Waals surface area contributed by atoms with Gasteiger partial charge in [-0.1, -0.05) is 24.6 Å². The number of hydrogen-bond donors (Lipinski definition) is 1. The third kappa shape index (κ3) is 2.99. The van der Waals surface area contributed by atoms with Gasteiger partial charge in [-0.05, 0) is 37.1 Å². The highest BCUT2D eigenvalue weighted by molar-refractivity contribution is 7.91. The van der Waals surface area contributed by atoms with E-state index in [1.807, 2.05) is 6.92 Å². The van der Waals surface area contributed by atoms with Crippen LogP contribution in [0.1, 0.15) is 18.9 Å². The van der Waals surface area contributed by atoms with Gasteiger partial charge in [0.1, 0.15) is 5.60 Å². The summed E-state index contributed by atoms with van der Waals surface area (Å²) in [4.78, 5) is 11.5. The second-order valence-corrected chi connectivity index (χ2v) is 7.46. The van der Waals surface area contributed by atoms with Crippen LogP contribution in [0.3, 0.4) is 0 Å². The quantitative estimate of drug-likeness (QED) is 0.920. The summed E-state index contributed by atoms with van der Waals surface area (Å²) in [6.45, 7) is 3.56. The third-order valence-electron chi connectivity index (χ3n) is 3.72. The summed E-state index contributed by atoms with van der Waals surface area (Å²) in [6.07, 6.45) is 2.75. The predicted molar refractivity (Wildman–Crippen MR) is 76.1 cm³/mol. The molecular weight excluding hydrogens is 276 g/mol. The van der Waals surface area contributed by atoms with Crippen molar-refractivity contribution in [3.63, 3.8) is 0 Å². The van der Waals surface area contributed by atoms with Crippen molar-refractivity contribution < 1.29 is 18.3 Å². The third-order valence-corrected chi connectivity index (χ3v) is 5.55. The molecule has 0 fully saturated rings. The van der Waals surface area contributed by atoms with E-state index in [1.165, 1.54) is 24.3 Å². The number of sulfone groups is 1. The van der Waals surface area contributed by atoms with Crippen LogP contribution in [0.2, 0.25) is 0 Å². The molecule has 0 aliphatic heterocycles. The summed E-state index contributed by atoms with van der Waals surface area (Å²) < 4.78 is 24.7. The number of ketones is 1. The Morgan fingerprint density at radius 3 is 2.45 bits per heavy atom. The first-order chi connectivity index (χ1) is 9.23. The fraction of sp³-hybridized carbons (Fsp3) is 0.400. The number of carbonyl (C=O) groups is 1. The molecule has 2 atom stereocenters. The maximum Gasteiger partial charge on any atom is 0.181 e. The molecular formula is C15H18O4S. The van der Waals surface area contributed by atoms with Gasteiger partial charge in [0.15, 0.2) is 15.6 Å². The van der Waals surface area contributed by atoms with Gasteiger partial charge in [0.25, 0.3) is 0 Å². The van der Waals surface area contributed by atoms with Crippen LogP contribution in [0.15, 0.2) is 41.3 Å². The van der Waals surface area contributed by atoms with E-state index in [0.717, 1.165) is 5.56 Å². The smallest absolute Gasteiger partial charge is 0.181 e. The molecule has 1 aliphatic carbocycles. The number of aryl methyl sites for hydroxylation is 1. The number of benzene rings is 1. The fourth-order valence-corrected chi connectivity index (χ4v) is 3.98. The second kappa shape index (κ2) is 5.14. The van der Waals surface area contributed by atoms with E-state index >= 15 is 0 Å². The molecule has 1 N–H and O–H groups in total. The molecule has 0 heterocycles. The summed E-state index contributed by atoms with van der Waals surface area (Å²) in [6, 6.07) is 6.52. The summed E-state index contributed by atoms with van der Waals surface area (Å²) >= 11 is 0. The van der Waals surface area contributed by atoms with E-state index in [0.29, 0.717) is 0 Å². The first-order valence-electron chi connectivity index (χ1n) is 6.47. The fourth-order valence-electron chi connectivity index (χ4n) is 2.27. The van der Waals surface area contributed by atoms with E-state index < -0.39 is 27.1 Å². The van der Waals surface area contributed by atoms with Crippen molar-refractivity contribution in [1.82, 2.24) is 0 Å². The van der Waals surface area contributed by atoms with E-state index in [9.17, 15) is 18.3 Å². The minimum Gasteiger partial charge on any atom is -0.384 e. The van der Waals surface area contributed by atoms with Crippen LogP contribution in [-0.4, -0.2) is 30.7 Å². The van der Waals surface area contributed by atoms with Gasteiger partial charge in [-0.3, -0.25) is 4.79 Å². The highest BCUT2D eigenvalue weighted by Crippen LogP contribution is 2.30. The van der Waals surface area contributed by atoms with Crippen LogP contribution in [-0.2, 0) is 14.6 Å². The molecule has 0 spiro atoms. The van der Waals surface area contributed by atoms with Crippen molar-refractivity contribution in [2.24, 2.45) is 5.92 Å². The SMILES string of the molecule is Cc1ccc(S(=O)(=O)C[C@@]2(O)C=CC(=O)C[C@@H]2C)cc1. The molecule has 108 valence electrons. The zero-order valence-corrected chi connectivity index (χ0v) is 12.4. The molecule has 0 saturated carbocycles. The van der Waals surface area contributed by atoms with Crippen LogP contribution in [0.5, 0.6) is 0 Å². The van der Waals surface area contributed by atoms with Crippen LogP contribution in [0.25, 0.3) is 0 Å². The van der Waals surface area contributed by atoms with Gasteiger partial charge >= 0.3 is 0 Å². The molecule has 1 aromatic rings. The molecule has 0 amide bonds. The average molecular weight is 294 g/mol. The maximum atomic E-state index is 12.4. The van der Waals surface area contributed by atoms with E-state index in [-0.39, 0.29) is 17.1 Å². The van der Waals surface area contributed by atoms with Gasteiger partial charge in [0, 0.05) is 6.42 Å². The molecule has 5 heteroatoms. The highest BCUT2D eigenvalue weighted by atomic mass is 32.2. The Morgan fingerprint density at radius 1 is 1.30 bits per heavy atom. The maximum absolute atomic E-state index is 12.4. The summed E-state index contributed by atoms with van der Waals surface area (Å²) in [5.41, 5.74) is -0.517. The van der Waals surface area contributed by atoms with E-state index in [4.69, 9.17) is 0 Å². The lowest BCUT2D eigenvalue weighted by molar-refractivity contribution is -0.118. The molecule has 0 bridgehead atoms. The van der Waals surface area contributed by atoms with Crippen molar-refractivity contribution in [3.05, 3.63) is 42.0 Å². The Labute approximate surface area is 119 Å². The van der Waals surface area contributed by atoms with Crippen LogP contribution in [0, 0.1) is 12.8 Å². The van der Waals surface area contributed by atoms with Crippen molar-refractivity contribution in [2.75, 3.05) is 5.75 Å². The van der Waals surface area contributed by atoms with Crippen molar-refractivity contribution in [2.45, 2.75) is 30.8 Å². The lowest BCUT2D eigenvalue weighted by Gasteiger charge is -2.33. The minimum atomic E-state index is -3.60. The first-order valence-corrected chi connectivity index (χ1v) is 8.12. The highest BCUT2D eigenvalue weighted by Gasteiger charge is 2.39. The molecule has 2 rings (SSSR count). The number of hydrogen-bond acceptors (Lipinski definition) is 4. The minimum absolute atomic E-state index is 0.0880. The average Bonchev–Trinajstić information content (AvgIpc) is 2.35. The van der Waals surface area contributed by atoms with Gasteiger partial charge in [-0.15, -0.1) is 0 Å². The van der Waals surface area contributed by atoms with Gasteiger partial charge in [-0.2, -0.15) is 0 Å². The molecule has 0 saturated heterocycles. The lowest BCUT2D eigenvalue weighted by Crippen LogP contribution is -2.44. The Morgan fingerprint density at radius 2 is 1.90 bits per heavy atom. The Balaban J connectivity index is 2.30. The van der Waals surface area contributed by atoms with Crippen molar-refractivity contribution in [3.8, 4) is 0 Å². The molecule has 0 aromatic heterocycles. The number of aliphatic hydroxyl groups is 1. The largest absolute Gasteiger partial charge is 0.384 e. The molecule has 20 heavy (non-hydrogen) atoms. The van der Waals surface area contributed by atoms with Gasteiger partial charge < -0.3 is 5.11 Å². The summed E-state index contributed by atoms with van der Waals surface area (Å²) in [5, 5.41) is 10.5. The van der Waals surface area contributed by atoms with Crippen molar-refractivity contribution >= 4 is 15.6 Å². The lowest BCUT2D eigenvalue weighted by atomic mass is 9.82. The first kappa shape index (κ1) is 14.9. The number of carbonyl (C=O) groups excluding carboxylic acids is 1. The van der Waals surface area contributed by atoms with Crippen LogP contribution >= 0.6 is 0 Å². The molecule has 0 unspecified atom stereocenters. The zero-order chi connectivity index (χ0) is 15.0. The van der Waals surface area contributed by atoms with E-state index in [1.54, 1.807) is 19.1 Å². The monoisotopic (exact) mass is 294 g/mol. The van der Waals surface area contributed by atoms with E-state index in [2.05, 4.69) is 0 Å². The molecule has 1 aromatic carbocycles. The Hall–Kier alpha value is -1.46. The van der Waals surface area contributed by atoms with Crippen molar-refractivity contribution in [1.29, 1.82) is 0 Å². The standard InChI is InChI=1S/C15H18O4S/c1-11-3-5-14(6-4-11)20(18,19)10-15(17)8-7-13(16)9-12(15)2/h3-8,12,17H,9-10H2,1-2H3/t12-,15-/m0/s1. The van der Waals surface area contributed by atoms with Gasteiger partial charge in [0.05, 0.1) is 10.6 Å². The number of allylic oxidation sites excluding steroid dienone is 1. The molecule has 4 nitrogen and oxygen atoms in total. The predicted octanol–water partition coefficient (Wildman–Crippen LogP) is 1.66. The van der Waals surface area contributed by atoms with Crippen LogP contribution in [0.4, 0.5) is 0 Å². The van der Waals surface area contributed by atoms with Gasteiger partial charge in [-0.25, -0.2) is 8.42 Å². The summed E-state index contributed by atoms with van der Waals surface area (Å²) in [7, 11) is -3.60. The summed E-state index contributed by atoms with van der Waals surface area (Å²) in [5.74, 6) is -0.913. The van der Waals surface area contributed by atoms with Gasteiger partial charge in [0.2, 0.25) is 0 Å². The Bertz CT molecular complexity index is 643. The molecule has 1 aliphatic rings. The van der Waals surface area contributed by atoms with Crippen LogP contribution < -0.4 is 0 Å². The topological polar surface area (TPSA) is 71.4 Å². The number of rotatable bonds is 3. The zero-order valence-electron chi connectivity index (χ0n) is 11.5. The second-order valence-electron chi connectivity index (χ2n) is 5.47.